The molecule has 0 N–H and O–H groups in total. The second-order valence-corrected chi connectivity index (χ2v) is 3.81. The molecule has 2 aromatic carbocycles. The first-order chi connectivity index (χ1) is 9.28. The van der Waals surface area contributed by atoms with Crippen LogP contribution in [0.2, 0.25) is 0 Å². The monoisotopic (exact) mass is 256 g/mol. The van der Waals surface area contributed by atoms with Crippen LogP contribution in [0.3, 0.4) is 0 Å². The summed E-state index contributed by atoms with van der Waals surface area (Å²) >= 11 is 0. The summed E-state index contributed by atoms with van der Waals surface area (Å²) in [4.78, 5) is 21.9. The molecule has 0 unspecified atom stereocenters. The molecule has 0 aliphatic rings. The molecule has 0 aromatic heterocycles. The minimum atomic E-state index is -0.775. The van der Waals surface area contributed by atoms with Crippen molar-refractivity contribution in [1.82, 2.24) is 0 Å². The molecule has 0 aliphatic carbocycles. The van der Waals surface area contributed by atoms with Gasteiger partial charge in [-0.1, -0.05) is 30.3 Å². The number of hydrogen-bond donors (Lipinski definition) is 0. The van der Waals surface area contributed by atoms with Crippen LogP contribution in [-0.2, 0) is 11.3 Å². The van der Waals surface area contributed by atoms with Crippen LogP contribution < -0.4 is 4.74 Å². The number of benzene rings is 2. The summed E-state index contributed by atoms with van der Waals surface area (Å²) in [5.41, 5.74) is 1.40. The van der Waals surface area contributed by atoms with Gasteiger partial charge >= 0.3 is 6.16 Å². The Morgan fingerprint density at radius 1 is 1.00 bits per heavy atom. The Hall–Kier alpha value is -2.62. The first-order valence-electron chi connectivity index (χ1n) is 5.72. The van der Waals surface area contributed by atoms with Gasteiger partial charge in [0, 0.05) is 5.56 Å². The third kappa shape index (κ3) is 3.96. The van der Waals surface area contributed by atoms with Crippen molar-refractivity contribution in [2.75, 3.05) is 0 Å². The van der Waals surface area contributed by atoms with E-state index in [4.69, 9.17) is 9.47 Å². The van der Waals surface area contributed by atoms with Crippen LogP contribution >= 0.6 is 0 Å². The van der Waals surface area contributed by atoms with Crippen LogP contribution in [0.25, 0.3) is 0 Å². The van der Waals surface area contributed by atoms with Crippen molar-refractivity contribution in [3.05, 3.63) is 65.7 Å². The van der Waals surface area contributed by atoms with Crippen molar-refractivity contribution in [3.63, 3.8) is 0 Å². The van der Waals surface area contributed by atoms with Crippen LogP contribution in [0.15, 0.2) is 54.6 Å². The first kappa shape index (κ1) is 12.8. The molecule has 0 atom stereocenters. The molecule has 4 heteroatoms. The van der Waals surface area contributed by atoms with Gasteiger partial charge in [-0.15, -0.1) is 0 Å². The van der Waals surface area contributed by atoms with E-state index in [1.807, 2.05) is 30.3 Å². The van der Waals surface area contributed by atoms with E-state index in [-0.39, 0.29) is 6.61 Å². The van der Waals surface area contributed by atoms with Gasteiger partial charge < -0.3 is 9.47 Å². The van der Waals surface area contributed by atoms with Gasteiger partial charge in [-0.05, 0) is 29.8 Å². The predicted octanol–water partition coefficient (Wildman–Crippen LogP) is 3.21. The molecule has 4 nitrogen and oxygen atoms in total. The standard InChI is InChI=1S/C15H12O4/c16-10-12-6-8-14(9-7-12)19-15(17)18-11-13-4-2-1-3-5-13/h1-10H,11H2. The van der Waals surface area contributed by atoms with Crippen molar-refractivity contribution in [2.24, 2.45) is 0 Å². The van der Waals surface area contributed by atoms with Crippen molar-refractivity contribution < 1.29 is 19.1 Å². The van der Waals surface area contributed by atoms with E-state index < -0.39 is 6.16 Å². The Bertz CT molecular complexity index is 546. The van der Waals surface area contributed by atoms with E-state index in [2.05, 4.69) is 0 Å². The van der Waals surface area contributed by atoms with E-state index in [9.17, 15) is 9.59 Å². The normalized spacial score (nSPS) is 9.68. The van der Waals surface area contributed by atoms with Crippen molar-refractivity contribution in [3.8, 4) is 5.75 Å². The van der Waals surface area contributed by atoms with Crippen LogP contribution in [0.1, 0.15) is 15.9 Å². The third-order valence-electron chi connectivity index (χ3n) is 2.42. The fraction of sp³-hybridized carbons (Fsp3) is 0.0667. The highest BCUT2D eigenvalue weighted by Gasteiger charge is 2.06. The van der Waals surface area contributed by atoms with Gasteiger partial charge in [0.15, 0.2) is 0 Å². The van der Waals surface area contributed by atoms with Gasteiger partial charge in [-0.25, -0.2) is 4.79 Å². The number of rotatable bonds is 4. The highest BCUT2D eigenvalue weighted by Crippen LogP contribution is 2.12. The van der Waals surface area contributed by atoms with Crippen LogP contribution in [0, 0.1) is 0 Å². The zero-order valence-electron chi connectivity index (χ0n) is 10.1. The summed E-state index contributed by atoms with van der Waals surface area (Å²) in [5, 5.41) is 0. The second kappa shape index (κ2) is 6.35. The zero-order chi connectivity index (χ0) is 13.5. The van der Waals surface area contributed by atoms with E-state index in [0.29, 0.717) is 11.3 Å². The maximum atomic E-state index is 11.4. The van der Waals surface area contributed by atoms with Crippen molar-refractivity contribution in [2.45, 2.75) is 6.61 Å². The maximum Gasteiger partial charge on any atom is 0.514 e. The fourth-order valence-corrected chi connectivity index (χ4v) is 1.46. The summed E-state index contributed by atoms with van der Waals surface area (Å²) < 4.78 is 9.92. The predicted molar refractivity (Wildman–Crippen MR) is 69.1 cm³/mol. The largest absolute Gasteiger partial charge is 0.514 e. The molecule has 0 fully saturated rings. The highest BCUT2D eigenvalue weighted by molar-refractivity contribution is 5.75. The Labute approximate surface area is 110 Å². The molecule has 0 spiro atoms. The molecule has 0 amide bonds. The molecule has 19 heavy (non-hydrogen) atoms. The Morgan fingerprint density at radius 2 is 1.68 bits per heavy atom. The Morgan fingerprint density at radius 3 is 2.32 bits per heavy atom. The SMILES string of the molecule is O=Cc1ccc(OC(=O)OCc2ccccc2)cc1. The second-order valence-electron chi connectivity index (χ2n) is 3.81. The lowest BCUT2D eigenvalue weighted by atomic mass is 10.2. The quantitative estimate of drug-likeness (QED) is 0.479. The van der Waals surface area contributed by atoms with Crippen LogP contribution in [0.4, 0.5) is 4.79 Å². The topological polar surface area (TPSA) is 52.6 Å². The number of ether oxygens (including phenoxy) is 2. The summed E-state index contributed by atoms with van der Waals surface area (Å²) in [6.45, 7) is 0.159. The lowest BCUT2D eigenvalue weighted by molar-refractivity contribution is 0.0928. The Kier molecular flexibility index (Phi) is 4.29. The minimum absolute atomic E-state index is 0.159. The van der Waals surface area contributed by atoms with Gasteiger partial charge in [0.25, 0.3) is 0 Å². The average Bonchev–Trinajstić information content (AvgIpc) is 2.47. The molecule has 0 aliphatic heterocycles. The van der Waals surface area contributed by atoms with E-state index in [0.717, 1.165) is 11.8 Å². The van der Waals surface area contributed by atoms with Gasteiger partial charge in [-0.3, -0.25) is 4.79 Å². The number of hydrogen-bond acceptors (Lipinski definition) is 4. The lowest BCUT2D eigenvalue weighted by Crippen LogP contribution is -2.10. The summed E-state index contributed by atoms with van der Waals surface area (Å²) in [7, 11) is 0. The molecular formula is C15H12O4. The molecule has 2 rings (SSSR count). The first-order valence-corrected chi connectivity index (χ1v) is 5.72. The van der Waals surface area contributed by atoms with E-state index >= 15 is 0 Å². The van der Waals surface area contributed by atoms with Gasteiger partial charge in [-0.2, -0.15) is 0 Å². The van der Waals surface area contributed by atoms with Crippen molar-refractivity contribution >= 4 is 12.4 Å². The van der Waals surface area contributed by atoms with Gasteiger partial charge in [0.1, 0.15) is 18.6 Å². The molecule has 2 aromatic rings. The summed E-state index contributed by atoms with van der Waals surface area (Å²) in [5.74, 6) is 0.337. The molecule has 0 radical (unpaired) electrons. The highest BCUT2D eigenvalue weighted by atomic mass is 16.7. The van der Waals surface area contributed by atoms with E-state index in [1.165, 1.54) is 12.1 Å². The molecule has 96 valence electrons. The smallest absolute Gasteiger partial charge is 0.429 e. The molecule has 0 heterocycles. The zero-order valence-corrected chi connectivity index (χ0v) is 10.1. The number of carbonyl (C=O) groups is 2. The maximum absolute atomic E-state index is 11.4. The molecule has 0 bridgehead atoms. The average molecular weight is 256 g/mol. The molecule has 0 saturated carbocycles. The van der Waals surface area contributed by atoms with Gasteiger partial charge in [0.05, 0.1) is 0 Å². The third-order valence-corrected chi connectivity index (χ3v) is 2.42. The van der Waals surface area contributed by atoms with Crippen LogP contribution in [0.5, 0.6) is 5.75 Å². The Balaban J connectivity index is 1.85. The van der Waals surface area contributed by atoms with Crippen molar-refractivity contribution in [1.29, 1.82) is 0 Å². The fourth-order valence-electron chi connectivity index (χ4n) is 1.46. The number of aldehydes is 1. The summed E-state index contributed by atoms with van der Waals surface area (Å²) in [6.07, 6.45) is -0.0555. The number of carbonyl (C=O) groups excluding carboxylic acids is 2. The summed E-state index contributed by atoms with van der Waals surface area (Å²) in [6, 6.07) is 15.5. The van der Waals surface area contributed by atoms with E-state index in [1.54, 1.807) is 12.1 Å². The lowest BCUT2D eigenvalue weighted by Gasteiger charge is -2.05. The van der Waals surface area contributed by atoms with Gasteiger partial charge in [0.2, 0.25) is 0 Å². The molecular weight excluding hydrogens is 244 g/mol. The van der Waals surface area contributed by atoms with Crippen LogP contribution in [-0.4, -0.2) is 12.4 Å². The molecule has 0 saturated heterocycles. The minimum Gasteiger partial charge on any atom is -0.429 e.